The Bertz CT molecular complexity index is 2950. The molecule has 0 spiro atoms. The fraction of sp³-hybridized carbons (Fsp3) is 0. The number of hydrogen-bond donors (Lipinski definition) is 0. The quantitative estimate of drug-likeness (QED) is 0.176. The van der Waals surface area contributed by atoms with Crippen molar-refractivity contribution in [3.05, 3.63) is 170 Å². The molecule has 52 heavy (non-hydrogen) atoms. The summed E-state index contributed by atoms with van der Waals surface area (Å²) >= 11 is 0. The van der Waals surface area contributed by atoms with Crippen molar-refractivity contribution in [2.75, 3.05) is 0 Å². The van der Waals surface area contributed by atoms with Gasteiger partial charge < -0.3 is 8.83 Å². The van der Waals surface area contributed by atoms with Crippen LogP contribution in [0.4, 0.5) is 0 Å². The molecular formula is C48H28N2O2. The molecule has 0 bridgehead atoms. The van der Waals surface area contributed by atoms with Gasteiger partial charge >= 0.3 is 0 Å². The van der Waals surface area contributed by atoms with Crippen molar-refractivity contribution >= 4 is 65.7 Å². The van der Waals surface area contributed by atoms with Gasteiger partial charge in [0.1, 0.15) is 22.3 Å². The molecule has 4 aromatic heterocycles. The molecule has 242 valence electrons. The fourth-order valence-corrected chi connectivity index (χ4v) is 7.94. The van der Waals surface area contributed by atoms with Gasteiger partial charge in [-0.2, -0.15) is 0 Å². The maximum atomic E-state index is 6.33. The van der Waals surface area contributed by atoms with Crippen LogP contribution >= 0.6 is 0 Å². The number of hydrogen-bond acceptors (Lipinski definition) is 4. The van der Waals surface area contributed by atoms with Crippen LogP contribution in [0, 0.1) is 0 Å². The number of furan rings is 2. The maximum Gasteiger partial charge on any atom is 0.143 e. The molecule has 11 aromatic rings. The summed E-state index contributed by atoms with van der Waals surface area (Å²) in [5.74, 6) is 0. The van der Waals surface area contributed by atoms with E-state index in [1.165, 1.54) is 0 Å². The van der Waals surface area contributed by atoms with Crippen LogP contribution in [0.2, 0.25) is 0 Å². The molecule has 0 aliphatic carbocycles. The van der Waals surface area contributed by atoms with Crippen molar-refractivity contribution in [3.8, 4) is 44.5 Å². The van der Waals surface area contributed by atoms with Crippen LogP contribution in [0.3, 0.4) is 0 Å². The van der Waals surface area contributed by atoms with Crippen LogP contribution in [0.1, 0.15) is 0 Å². The van der Waals surface area contributed by atoms with E-state index in [0.29, 0.717) is 0 Å². The molecule has 0 saturated heterocycles. The second-order valence-electron chi connectivity index (χ2n) is 13.3. The third kappa shape index (κ3) is 4.34. The van der Waals surface area contributed by atoms with Crippen LogP contribution < -0.4 is 0 Å². The van der Waals surface area contributed by atoms with E-state index in [1.54, 1.807) is 0 Å². The molecule has 0 fully saturated rings. The lowest BCUT2D eigenvalue weighted by molar-refractivity contribution is 0.669. The molecule has 0 N–H and O–H groups in total. The third-order valence-corrected chi connectivity index (χ3v) is 10.4. The first kappa shape index (κ1) is 28.8. The number of nitrogens with zero attached hydrogens (tertiary/aromatic N) is 2. The minimum Gasteiger partial charge on any atom is -0.455 e. The zero-order valence-corrected chi connectivity index (χ0v) is 27.9. The fourth-order valence-electron chi connectivity index (χ4n) is 7.94. The predicted octanol–water partition coefficient (Wildman–Crippen LogP) is 13.2. The Morgan fingerprint density at radius 3 is 1.12 bits per heavy atom. The third-order valence-electron chi connectivity index (χ3n) is 10.4. The van der Waals surface area contributed by atoms with Crippen molar-refractivity contribution in [2.24, 2.45) is 0 Å². The van der Waals surface area contributed by atoms with Gasteiger partial charge in [-0.1, -0.05) is 133 Å². The number of rotatable bonds is 4. The summed E-state index contributed by atoms with van der Waals surface area (Å²) < 4.78 is 12.7. The molecule has 4 nitrogen and oxygen atoms in total. The molecule has 4 heteroatoms. The zero-order valence-electron chi connectivity index (χ0n) is 27.9. The average Bonchev–Trinajstić information content (AvgIpc) is 3.79. The van der Waals surface area contributed by atoms with Crippen molar-refractivity contribution in [3.63, 3.8) is 0 Å². The predicted molar refractivity (Wildman–Crippen MR) is 213 cm³/mol. The first-order valence-corrected chi connectivity index (χ1v) is 17.5. The van der Waals surface area contributed by atoms with Gasteiger partial charge in [-0.15, -0.1) is 0 Å². The topological polar surface area (TPSA) is 52.1 Å². The normalized spacial score (nSPS) is 11.8. The zero-order chi connectivity index (χ0) is 34.2. The molecule has 7 aromatic carbocycles. The van der Waals surface area contributed by atoms with E-state index in [4.69, 9.17) is 18.8 Å². The van der Waals surface area contributed by atoms with Crippen molar-refractivity contribution in [1.29, 1.82) is 0 Å². The monoisotopic (exact) mass is 664 g/mol. The molecule has 0 unspecified atom stereocenters. The molecule has 0 aliphatic rings. The van der Waals surface area contributed by atoms with Gasteiger partial charge in [-0.25, -0.2) is 0 Å². The number of para-hydroxylation sites is 4. The van der Waals surface area contributed by atoms with Crippen molar-refractivity contribution in [1.82, 2.24) is 9.97 Å². The Morgan fingerprint density at radius 2 is 0.673 bits per heavy atom. The lowest BCUT2D eigenvalue weighted by atomic mass is 9.94. The van der Waals surface area contributed by atoms with Crippen LogP contribution in [0.25, 0.3) is 110 Å². The summed E-state index contributed by atoms with van der Waals surface area (Å²) in [5.41, 5.74) is 14.3. The summed E-state index contributed by atoms with van der Waals surface area (Å²) in [6, 6.07) is 55.2. The Morgan fingerprint density at radius 1 is 0.288 bits per heavy atom. The highest BCUT2D eigenvalue weighted by molar-refractivity contribution is 6.13. The van der Waals surface area contributed by atoms with Gasteiger partial charge in [0, 0.05) is 55.8 Å². The molecule has 0 radical (unpaired) electrons. The molecule has 4 heterocycles. The summed E-state index contributed by atoms with van der Waals surface area (Å²) in [4.78, 5) is 9.73. The highest BCUT2D eigenvalue weighted by Gasteiger charge is 2.16. The molecule has 0 amide bonds. The highest BCUT2D eigenvalue weighted by Crippen LogP contribution is 2.40. The first-order valence-electron chi connectivity index (χ1n) is 17.5. The second-order valence-corrected chi connectivity index (χ2v) is 13.3. The van der Waals surface area contributed by atoms with Crippen molar-refractivity contribution < 1.29 is 8.83 Å². The van der Waals surface area contributed by atoms with E-state index in [9.17, 15) is 0 Å². The average molecular weight is 665 g/mol. The summed E-state index contributed by atoms with van der Waals surface area (Å²) in [7, 11) is 0. The lowest BCUT2D eigenvalue weighted by Gasteiger charge is -2.12. The van der Waals surface area contributed by atoms with E-state index >= 15 is 0 Å². The van der Waals surface area contributed by atoms with Crippen LogP contribution in [-0.4, -0.2) is 9.97 Å². The molecule has 0 atom stereocenters. The second kappa shape index (κ2) is 11.2. The SMILES string of the molecule is c1ccc2c(c1)oc1c(-c3ccc(-c4ccnc5c4ccc4c(-c6ccc(-c7cccc8c7oc7ccccc78)cc6)ccnc45)cc3)cccc12. The number of benzene rings is 7. The van der Waals surface area contributed by atoms with E-state index in [-0.39, 0.29) is 0 Å². The van der Waals surface area contributed by atoms with Gasteiger partial charge in [0.2, 0.25) is 0 Å². The van der Waals surface area contributed by atoms with Gasteiger partial charge in [0.15, 0.2) is 0 Å². The minimum atomic E-state index is 0.890. The standard InChI is InChI=1S/C48H28N2O2/c1-3-13-43-37(7-1)41-11-5-9-35(47(41)51-43)31-19-15-29(16-20-31)33-25-27-49-45-39(33)23-24-40-34(26-28-50-46(40)45)30-17-21-32(22-18-30)36-10-6-12-42-38-8-2-4-14-44(38)52-48(36)42/h1-28H. The lowest BCUT2D eigenvalue weighted by Crippen LogP contribution is -1.91. The van der Waals surface area contributed by atoms with Crippen molar-refractivity contribution in [2.45, 2.75) is 0 Å². The number of aromatic nitrogens is 2. The van der Waals surface area contributed by atoms with Gasteiger partial charge in [0.25, 0.3) is 0 Å². The minimum absolute atomic E-state index is 0.890. The summed E-state index contributed by atoms with van der Waals surface area (Å²) in [5, 5.41) is 6.68. The molecule has 11 rings (SSSR count). The molecule has 0 aliphatic heterocycles. The van der Waals surface area contributed by atoms with Crippen LogP contribution in [-0.2, 0) is 0 Å². The van der Waals surface area contributed by atoms with E-state index in [1.807, 2.05) is 36.7 Å². The van der Waals surface area contributed by atoms with Gasteiger partial charge in [-0.05, 0) is 57.6 Å². The summed E-state index contributed by atoms with van der Waals surface area (Å²) in [6.07, 6.45) is 3.78. The Labute approximate surface area is 298 Å². The van der Waals surface area contributed by atoms with E-state index in [0.717, 1.165) is 110 Å². The van der Waals surface area contributed by atoms with Crippen LogP contribution in [0.15, 0.2) is 179 Å². The molecular weight excluding hydrogens is 637 g/mol. The van der Waals surface area contributed by atoms with Crippen LogP contribution in [0.5, 0.6) is 0 Å². The highest BCUT2D eigenvalue weighted by atomic mass is 16.3. The maximum absolute atomic E-state index is 6.33. The van der Waals surface area contributed by atoms with Gasteiger partial charge in [-0.3, -0.25) is 9.97 Å². The van der Waals surface area contributed by atoms with E-state index < -0.39 is 0 Å². The smallest absolute Gasteiger partial charge is 0.143 e. The number of pyridine rings is 2. The Balaban J connectivity index is 0.959. The summed E-state index contributed by atoms with van der Waals surface area (Å²) in [6.45, 7) is 0. The first-order chi connectivity index (χ1) is 25.8. The number of fused-ring (bicyclic) bond motifs is 9. The largest absolute Gasteiger partial charge is 0.455 e. The van der Waals surface area contributed by atoms with E-state index in [2.05, 4.69) is 133 Å². The van der Waals surface area contributed by atoms with Gasteiger partial charge in [0.05, 0.1) is 11.0 Å². The molecule has 0 saturated carbocycles. The Hall–Kier alpha value is -7.04. The Kier molecular flexibility index (Phi) is 6.22.